The maximum atomic E-state index is 11.3. The predicted molar refractivity (Wildman–Crippen MR) is 50.8 cm³/mol. The van der Waals surface area contributed by atoms with Crippen molar-refractivity contribution in [3.63, 3.8) is 0 Å². The number of carbonyl (C=O) groups is 1. The van der Waals surface area contributed by atoms with Crippen LogP contribution in [0.1, 0.15) is 6.92 Å². The average molecular weight is 214 g/mol. The fourth-order valence-corrected chi connectivity index (χ4v) is 1.51. The highest BCUT2D eigenvalue weighted by Gasteiger charge is 2.31. The van der Waals surface area contributed by atoms with Crippen molar-refractivity contribution in [3.05, 3.63) is 23.2 Å². The second kappa shape index (κ2) is 3.15. The van der Waals surface area contributed by atoms with E-state index in [2.05, 4.69) is 0 Å². The van der Waals surface area contributed by atoms with Gasteiger partial charge in [0.1, 0.15) is 5.69 Å². The van der Waals surface area contributed by atoms with E-state index in [1.54, 1.807) is 25.1 Å². The summed E-state index contributed by atoms with van der Waals surface area (Å²) in [5.41, 5.74) is 0.278. The molecule has 1 atom stereocenters. The Kier molecular flexibility index (Phi) is 2.09. The van der Waals surface area contributed by atoms with E-state index in [1.807, 2.05) is 0 Å². The highest BCUT2D eigenvalue weighted by molar-refractivity contribution is 6.32. The van der Waals surface area contributed by atoms with Gasteiger partial charge in [0, 0.05) is 0 Å². The van der Waals surface area contributed by atoms with E-state index in [-0.39, 0.29) is 5.69 Å². The van der Waals surface area contributed by atoms with Crippen molar-refractivity contribution in [2.45, 2.75) is 13.0 Å². The second-order valence-electron chi connectivity index (χ2n) is 3.00. The smallest absolute Gasteiger partial charge is 0.291 e. The van der Waals surface area contributed by atoms with E-state index in [4.69, 9.17) is 16.3 Å². The minimum atomic E-state index is -0.715. The monoisotopic (exact) mass is 213 g/mol. The molecule has 1 aliphatic rings. The number of hydrogen-bond donors (Lipinski definition) is 1. The van der Waals surface area contributed by atoms with Crippen molar-refractivity contribution in [1.82, 2.24) is 0 Å². The molecule has 1 aromatic rings. The van der Waals surface area contributed by atoms with Crippen LogP contribution in [0.3, 0.4) is 0 Å². The van der Waals surface area contributed by atoms with Crippen LogP contribution in [0.25, 0.3) is 0 Å². The average Bonchev–Trinajstić information content (AvgIpc) is 2.17. The van der Waals surface area contributed by atoms with Gasteiger partial charge in [-0.05, 0) is 19.1 Å². The zero-order valence-corrected chi connectivity index (χ0v) is 8.15. The maximum Gasteiger partial charge on any atom is 0.291 e. The lowest BCUT2D eigenvalue weighted by Crippen LogP contribution is -2.42. The van der Waals surface area contributed by atoms with E-state index in [0.717, 1.165) is 0 Å². The molecule has 1 aromatic carbocycles. The van der Waals surface area contributed by atoms with Gasteiger partial charge in [-0.25, -0.2) is 0 Å². The maximum absolute atomic E-state index is 11.3. The van der Waals surface area contributed by atoms with Gasteiger partial charge in [0.05, 0.1) is 5.02 Å². The lowest BCUT2D eigenvalue weighted by atomic mass is 10.2. The standard InChI is InChI=1S/C9H8ClNO3/c1-5-9(12)11(13)7-4-2-3-6(10)8(7)14-5/h2-5,13H,1H3/t5-/m1/s1. The van der Waals surface area contributed by atoms with Gasteiger partial charge in [0.2, 0.25) is 0 Å². The molecule has 0 saturated carbocycles. The highest BCUT2D eigenvalue weighted by Crippen LogP contribution is 2.38. The quantitative estimate of drug-likeness (QED) is 0.669. The Bertz CT molecular complexity index is 394. The number of halogens is 1. The van der Waals surface area contributed by atoms with Gasteiger partial charge in [0.25, 0.3) is 5.91 Å². The molecule has 0 spiro atoms. The summed E-state index contributed by atoms with van der Waals surface area (Å²) < 4.78 is 5.26. The zero-order chi connectivity index (χ0) is 10.3. The molecule has 5 heteroatoms. The number of para-hydroxylation sites is 1. The molecule has 2 rings (SSSR count). The number of ether oxygens (including phenoxy) is 1. The third-order valence-corrected chi connectivity index (χ3v) is 2.32. The summed E-state index contributed by atoms with van der Waals surface area (Å²) in [6.45, 7) is 1.55. The van der Waals surface area contributed by atoms with Crippen molar-refractivity contribution in [2.24, 2.45) is 0 Å². The summed E-state index contributed by atoms with van der Waals surface area (Å²) in [6, 6.07) is 4.83. The van der Waals surface area contributed by atoms with Crippen LogP contribution >= 0.6 is 11.6 Å². The Labute approximate surface area is 85.6 Å². The molecule has 0 aromatic heterocycles. The Morgan fingerprint density at radius 2 is 2.29 bits per heavy atom. The van der Waals surface area contributed by atoms with E-state index >= 15 is 0 Å². The number of hydrogen-bond acceptors (Lipinski definition) is 3. The molecule has 14 heavy (non-hydrogen) atoms. The third-order valence-electron chi connectivity index (χ3n) is 2.03. The number of rotatable bonds is 0. The fraction of sp³-hybridized carbons (Fsp3) is 0.222. The molecule has 0 fully saturated rings. The molecule has 1 aliphatic heterocycles. The van der Waals surface area contributed by atoms with Crippen LogP contribution in [0.4, 0.5) is 5.69 Å². The highest BCUT2D eigenvalue weighted by atomic mass is 35.5. The van der Waals surface area contributed by atoms with Gasteiger partial charge in [-0.1, -0.05) is 17.7 Å². The lowest BCUT2D eigenvalue weighted by Gasteiger charge is -2.28. The molecule has 0 radical (unpaired) electrons. The van der Waals surface area contributed by atoms with Gasteiger partial charge in [-0.3, -0.25) is 10.0 Å². The van der Waals surface area contributed by atoms with Crippen LogP contribution in [-0.2, 0) is 4.79 Å². The predicted octanol–water partition coefficient (Wildman–Crippen LogP) is 1.84. The van der Waals surface area contributed by atoms with Gasteiger partial charge in [0.15, 0.2) is 11.9 Å². The van der Waals surface area contributed by atoms with Crippen LogP contribution in [0.15, 0.2) is 18.2 Å². The van der Waals surface area contributed by atoms with Crippen LogP contribution in [0.2, 0.25) is 5.02 Å². The minimum Gasteiger partial charge on any atom is -0.477 e. The molecule has 1 N–H and O–H groups in total. The minimum absolute atomic E-state index is 0.278. The summed E-state index contributed by atoms with van der Waals surface area (Å²) in [4.78, 5) is 11.3. The number of nitrogens with zero attached hydrogens (tertiary/aromatic N) is 1. The van der Waals surface area contributed by atoms with Crippen molar-refractivity contribution in [3.8, 4) is 5.75 Å². The first-order valence-corrected chi connectivity index (χ1v) is 4.47. The Hall–Kier alpha value is -1.26. The number of benzene rings is 1. The topological polar surface area (TPSA) is 49.8 Å². The molecule has 1 heterocycles. The van der Waals surface area contributed by atoms with Crippen LogP contribution in [0, 0.1) is 0 Å². The number of carbonyl (C=O) groups excluding carboxylic acids is 1. The van der Waals surface area contributed by atoms with E-state index in [1.165, 1.54) is 0 Å². The van der Waals surface area contributed by atoms with Crippen LogP contribution in [0.5, 0.6) is 5.75 Å². The second-order valence-corrected chi connectivity index (χ2v) is 3.41. The third kappa shape index (κ3) is 1.23. The number of amides is 1. The molecule has 0 aliphatic carbocycles. The molecule has 74 valence electrons. The number of hydroxylamine groups is 1. The summed E-state index contributed by atoms with van der Waals surface area (Å²) in [7, 11) is 0. The van der Waals surface area contributed by atoms with Gasteiger partial charge < -0.3 is 4.74 Å². The summed E-state index contributed by atoms with van der Waals surface area (Å²) in [5, 5.41) is 10.4. The lowest BCUT2D eigenvalue weighted by molar-refractivity contribution is -0.131. The van der Waals surface area contributed by atoms with Gasteiger partial charge in [-0.2, -0.15) is 5.06 Å². The first-order valence-electron chi connectivity index (χ1n) is 4.09. The zero-order valence-electron chi connectivity index (χ0n) is 7.40. The Balaban J connectivity index is 2.56. The van der Waals surface area contributed by atoms with Crippen molar-refractivity contribution >= 4 is 23.2 Å². The van der Waals surface area contributed by atoms with Gasteiger partial charge >= 0.3 is 0 Å². The SMILES string of the molecule is C[C@H]1Oc2c(Cl)cccc2N(O)C1=O. The van der Waals surface area contributed by atoms with Crippen LogP contribution < -0.4 is 9.80 Å². The molecule has 4 nitrogen and oxygen atoms in total. The van der Waals surface area contributed by atoms with E-state index < -0.39 is 12.0 Å². The van der Waals surface area contributed by atoms with Crippen molar-refractivity contribution in [1.29, 1.82) is 0 Å². The largest absolute Gasteiger partial charge is 0.477 e. The summed E-state index contributed by atoms with van der Waals surface area (Å²) in [5.74, 6) is -0.163. The van der Waals surface area contributed by atoms with Crippen molar-refractivity contribution < 1.29 is 14.7 Å². The molecular formula is C9H8ClNO3. The Morgan fingerprint density at radius 3 is 3.00 bits per heavy atom. The van der Waals surface area contributed by atoms with Crippen molar-refractivity contribution in [2.75, 3.05) is 5.06 Å². The first kappa shape index (κ1) is 9.30. The Morgan fingerprint density at radius 1 is 1.57 bits per heavy atom. The van der Waals surface area contributed by atoms with Crippen LogP contribution in [-0.4, -0.2) is 17.2 Å². The summed E-state index contributed by atoms with van der Waals surface area (Å²) >= 11 is 5.85. The van der Waals surface area contributed by atoms with Gasteiger partial charge in [-0.15, -0.1) is 0 Å². The number of fused-ring (bicyclic) bond motifs is 1. The molecule has 1 amide bonds. The molecule has 0 unspecified atom stereocenters. The fourth-order valence-electron chi connectivity index (χ4n) is 1.30. The van der Waals surface area contributed by atoms with E-state index in [0.29, 0.717) is 15.8 Å². The normalized spacial score (nSPS) is 20.4. The molecular weight excluding hydrogens is 206 g/mol. The molecule has 0 saturated heterocycles. The summed E-state index contributed by atoms with van der Waals surface area (Å²) in [6.07, 6.45) is -0.715. The van der Waals surface area contributed by atoms with E-state index in [9.17, 15) is 10.0 Å². The molecule has 0 bridgehead atoms. The number of anilines is 1. The first-order chi connectivity index (χ1) is 6.61.